The predicted octanol–water partition coefficient (Wildman–Crippen LogP) is 2.34. The topological polar surface area (TPSA) is 42.7 Å². The van der Waals surface area contributed by atoms with E-state index in [-0.39, 0.29) is 0 Å². The first-order valence-electron chi connectivity index (χ1n) is 5.47. The Morgan fingerprint density at radius 2 is 2.12 bits per heavy atom. The first-order chi connectivity index (χ1) is 7.77. The lowest BCUT2D eigenvalue weighted by Crippen LogP contribution is -2.10. The lowest BCUT2D eigenvalue weighted by Gasteiger charge is -2.12. The summed E-state index contributed by atoms with van der Waals surface area (Å²) < 4.78 is 1.77. The third kappa shape index (κ3) is 2.39. The Balaban J connectivity index is 2.24. The van der Waals surface area contributed by atoms with Crippen LogP contribution in [0.5, 0.6) is 0 Å². The van der Waals surface area contributed by atoms with Crippen LogP contribution in [0.1, 0.15) is 13.8 Å². The first-order valence-corrected chi connectivity index (χ1v) is 5.47. The molecule has 0 fully saturated rings. The van der Waals surface area contributed by atoms with Gasteiger partial charge in [0.05, 0.1) is 23.8 Å². The van der Waals surface area contributed by atoms with Gasteiger partial charge in [-0.3, -0.25) is 0 Å². The van der Waals surface area contributed by atoms with E-state index >= 15 is 0 Å². The van der Waals surface area contributed by atoms with Crippen LogP contribution in [0, 0.1) is 5.92 Å². The van der Waals surface area contributed by atoms with E-state index in [9.17, 15) is 0 Å². The number of aromatic nitrogens is 3. The second-order valence-electron chi connectivity index (χ2n) is 4.14. The average Bonchev–Trinajstić information content (AvgIpc) is 2.80. The van der Waals surface area contributed by atoms with Crippen molar-refractivity contribution in [2.45, 2.75) is 13.8 Å². The maximum absolute atomic E-state index is 4.00. The molecule has 0 amide bonds. The molecule has 0 saturated heterocycles. The minimum Gasteiger partial charge on any atom is -0.383 e. The summed E-state index contributed by atoms with van der Waals surface area (Å²) in [7, 11) is 0. The van der Waals surface area contributed by atoms with Crippen molar-refractivity contribution in [2.24, 2.45) is 5.92 Å². The number of para-hydroxylation sites is 2. The molecule has 0 aliphatic heterocycles. The summed E-state index contributed by atoms with van der Waals surface area (Å²) in [5, 5.41) is 11.2. The van der Waals surface area contributed by atoms with Gasteiger partial charge < -0.3 is 5.32 Å². The molecule has 1 aromatic heterocycles. The highest BCUT2D eigenvalue weighted by Gasteiger charge is 2.04. The number of hydrogen-bond acceptors (Lipinski definition) is 3. The van der Waals surface area contributed by atoms with Crippen LogP contribution < -0.4 is 5.32 Å². The summed E-state index contributed by atoms with van der Waals surface area (Å²) in [5.41, 5.74) is 2.11. The van der Waals surface area contributed by atoms with E-state index in [0.717, 1.165) is 17.9 Å². The van der Waals surface area contributed by atoms with E-state index in [0.29, 0.717) is 5.92 Å². The van der Waals surface area contributed by atoms with E-state index in [1.54, 1.807) is 10.9 Å². The molecule has 2 rings (SSSR count). The van der Waals surface area contributed by atoms with Crippen LogP contribution in [0.25, 0.3) is 5.69 Å². The summed E-state index contributed by atoms with van der Waals surface area (Å²) >= 11 is 0. The Kier molecular flexibility index (Phi) is 3.19. The van der Waals surface area contributed by atoms with Gasteiger partial charge in [-0.1, -0.05) is 31.2 Å². The molecule has 4 heteroatoms. The van der Waals surface area contributed by atoms with E-state index in [1.165, 1.54) is 0 Å². The molecule has 1 heterocycles. The van der Waals surface area contributed by atoms with Crippen molar-refractivity contribution >= 4 is 5.69 Å². The summed E-state index contributed by atoms with van der Waals surface area (Å²) in [6.07, 6.45) is 3.52. The number of anilines is 1. The largest absolute Gasteiger partial charge is 0.383 e. The maximum atomic E-state index is 4.00. The van der Waals surface area contributed by atoms with Crippen LogP contribution >= 0.6 is 0 Å². The minimum absolute atomic E-state index is 0.615. The third-order valence-corrected chi connectivity index (χ3v) is 2.27. The fourth-order valence-electron chi connectivity index (χ4n) is 1.47. The Morgan fingerprint density at radius 3 is 2.81 bits per heavy atom. The smallest absolute Gasteiger partial charge is 0.0894 e. The maximum Gasteiger partial charge on any atom is 0.0894 e. The van der Waals surface area contributed by atoms with Gasteiger partial charge in [0.2, 0.25) is 0 Å². The van der Waals surface area contributed by atoms with Crippen LogP contribution in [0.4, 0.5) is 5.69 Å². The highest BCUT2D eigenvalue weighted by Crippen LogP contribution is 2.18. The number of benzene rings is 1. The van der Waals surface area contributed by atoms with Crippen molar-refractivity contribution in [3.63, 3.8) is 0 Å². The Hall–Kier alpha value is -1.84. The fourth-order valence-corrected chi connectivity index (χ4v) is 1.47. The second kappa shape index (κ2) is 4.79. The monoisotopic (exact) mass is 216 g/mol. The zero-order valence-electron chi connectivity index (χ0n) is 9.59. The zero-order chi connectivity index (χ0) is 11.4. The lowest BCUT2D eigenvalue weighted by atomic mass is 10.2. The molecule has 16 heavy (non-hydrogen) atoms. The molecule has 2 aromatic rings. The first kappa shape index (κ1) is 10.7. The van der Waals surface area contributed by atoms with Crippen molar-refractivity contribution in [3.05, 3.63) is 36.7 Å². The van der Waals surface area contributed by atoms with Crippen molar-refractivity contribution in [1.82, 2.24) is 15.0 Å². The SMILES string of the molecule is CC(C)CNc1ccccc1-n1ccnn1. The van der Waals surface area contributed by atoms with Gasteiger partial charge in [-0.2, -0.15) is 0 Å². The lowest BCUT2D eigenvalue weighted by molar-refractivity contribution is 0.687. The van der Waals surface area contributed by atoms with E-state index in [4.69, 9.17) is 0 Å². The molecule has 0 unspecified atom stereocenters. The van der Waals surface area contributed by atoms with Crippen molar-refractivity contribution in [2.75, 3.05) is 11.9 Å². The summed E-state index contributed by atoms with van der Waals surface area (Å²) in [6.45, 7) is 5.32. The highest BCUT2D eigenvalue weighted by molar-refractivity contribution is 5.60. The van der Waals surface area contributed by atoms with Gasteiger partial charge >= 0.3 is 0 Å². The number of rotatable bonds is 4. The van der Waals surface area contributed by atoms with Gasteiger partial charge in [0.1, 0.15) is 0 Å². The van der Waals surface area contributed by atoms with Crippen LogP contribution in [0.2, 0.25) is 0 Å². The molecule has 4 nitrogen and oxygen atoms in total. The van der Waals surface area contributed by atoms with E-state index < -0.39 is 0 Å². The molecule has 0 bridgehead atoms. The molecule has 0 atom stereocenters. The van der Waals surface area contributed by atoms with Crippen LogP contribution in [-0.2, 0) is 0 Å². The standard InChI is InChI=1S/C12H16N4/c1-10(2)9-13-11-5-3-4-6-12(11)16-8-7-14-15-16/h3-8,10,13H,9H2,1-2H3. The third-order valence-electron chi connectivity index (χ3n) is 2.27. The number of hydrogen-bond donors (Lipinski definition) is 1. The molecule has 1 N–H and O–H groups in total. The molecule has 84 valence electrons. The zero-order valence-corrected chi connectivity index (χ0v) is 9.59. The Labute approximate surface area is 95.3 Å². The molecule has 0 spiro atoms. The Bertz CT molecular complexity index is 434. The summed E-state index contributed by atoms with van der Waals surface area (Å²) in [5.74, 6) is 0.615. The summed E-state index contributed by atoms with van der Waals surface area (Å²) in [6, 6.07) is 8.09. The molecule has 0 aliphatic rings. The van der Waals surface area contributed by atoms with E-state index in [1.807, 2.05) is 24.4 Å². The molecule has 1 aromatic carbocycles. The van der Waals surface area contributed by atoms with Crippen molar-refractivity contribution in [1.29, 1.82) is 0 Å². The Morgan fingerprint density at radius 1 is 1.31 bits per heavy atom. The quantitative estimate of drug-likeness (QED) is 0.853. The van der Waals surface area contributed by atoms with Crippen LogP contribution in [0.15, 0.2) is 36.7 Å². The predicted molar refractivity (Wildman–Crippen MR) is 64.7 cm³/mol. The molecular formula is C12H16N4. The van der Waals surface area contributed by atoms with Gasteiger partial charge in [0.15, 0.2) is 0 Å². The van der Waals surface area contributed by atoms with Gasteiger partial charge in [-0.25, -0.2) is 4.68 Å². The normalized spacial score (nSPS) is 10.7. The van der Waals surface area contributed by atoms with Crippen LogP contribution in [0.3, 0.4) is 0 Å². The summed E-state index contributed by atoms with van der Waals surface area (Å²) in [4.78, 5) is 0. The number of nitrogens with zero attached hydrogens (tertiary/aromatic N) is 3. The average molecular weight is 216 g/mol. The molecule has 0 radical (unpaired) electrons. The second-order valence-corrected chi connectivity index (χ2v) is 4.14. The minimum atomic E-state index is 0.615. The highest BCUT2D eigenvalue weighted by atomic mass is 15.4. The molecular weight excluding hydrogens is 200 g/mol. The van der Waals surface area contributed by atoms with Gasteiger partial charge in [-0.05, 0) is 18.1 Å². The van der Waals surface area contributed by atoms with Gasteiger partial charge in [0.25, 0.3) is 0 Å². The van der Waals surface area contributed by atoms with E-state index in [2.05, 4.69) is 35.5 Å². The van der Waals surface area contributed by atoms with Crippen molar-refractivity contribution in [3.8, 4) is 5.69 Å². The fraction of sp³-hybridized carbons (Fsp3) is 0.333. The molecule has 0 aliphatic carbocycles. The van der Waals surface area contributed by atoms with Gasteiger partial charge in [-0.15, -0.1) is 5.10 Å². The van der Waals surface area contributed by atoms with Crippen LogP contribution in [-0.4, -0.2) is 21.5 Å². The molecule has 0 saturated carbocycles. The van der Waals surface area contributed by atoms with Gasteiger partial charge in [0, 0.05) is 6.54 Å². The van der Waals surface area contributed by atoms with Crippen molar-refractivity contribution < 1.29 is 0 Å². The number of nitrogens with one attached hydrogen (secondary N) is 1.